The van der Waals surface area contributed by atoms with Gasteiger partial charge in [-0.3, -0.25) is 0 Å². The Labute approximate surface area is 106 Å². The maximum absolute atomic E-state index is 6.57. The van der Waals surface area contributed by atoms with Crippen molar-refractivity contribution in [3.8, 4) is 0 Å². The Morgan fingerprint density at radius 1 is 0.867 bits per heavy atom. The fourth-order valence-corrected chi connectivity index (χ4v) is 0.844. The molecular weight excluding hydrogens is 367 g/mol. The van der Waals surface area contributed by atoms with Crippen molar-refractivity contribution in [3.63, 3.8) is 0 Å². The molecule has 0 unspecified atom stereocenters. The SMILES string of the molecule is [Au+].[C-]#[N+]c1ccccc1.[c-]1ccccc1. The van der Waals surface area contributed by atoms with Crippen LogP contribution in [0.5, 0.6) is 0 Å². The molecule has 2 aromatic carbocycles. The first-order chi connectivity index (χ1) is 6.93. The zero-order valence-corrected chi connectivity index (χ0v) is 10.2. The summed E-state index contributed by atoms with van der Waals surface area (Å²) >= 11 is 0. The van der Waals surface area contributed by atoms with Crippen LogP contribution in [0.2, 0.25) is 0 Å². The van der Waals surface area contributed by atoms with Gasteiger partial charge in [-0.1, -0.05) is 30.3 Å². The van der Waals surface area contributed by atoms with Gasteiger partial charge in [-0.25, -0.2) is 4.85 Å². The maximum atomic E-state index is 6.57. The molecule has 15 heavy (non-hydrogen) atoms. The maximum Gasteiger partial charge on any atom is 1.00 e. The average Bonchev–Trinajstić information content (AvgIpc) is 2.33. The van der Waals surface area contributed by atoms with E-state index in [-0.39, 0.29) is 22.4 Å². The molecule has 0 fully saturated rings. The molecule has 0 radical (unpaired) electrons. The van der Waals surface area contributed by atoms with Crippen LogP contribution in [0.25, 0.3) is 4.85 Å². The molecule has 0 bridgehead atoms. The molecule has 0 heterocycles. The minimum Gasteiger partial charge on any atom is -0.238 e. The first-order valence-corrected chi connectivity index (χ1v) is 4.27. The number of nitrogens with zero attached hydrogens (tertiary/aromatic N) is 1. The molecule has 0 aliphatic rings. The second-order valence-electron chi connectivity index (χ2n) is 2.52. The van der Waals surface area contributed by atoms with Crippen LogP contribution in [-0.2, 0) is 22.4 Å². The molecule has 0 atom stereocenters. The van der Waals surface area contributed by atoms with Crippen LogP contribution in [0, 0.1) is 12.6 Å². The van der Waals surface area contributed by atoms with Gasteiger partial charge in [0.15, 0.2) is 5.69 Å². The van der Waals surface area contributed by atoms with Gasteiger partial charge < -0.3 is 0 Å². The van der Waals surface area contributed by atoms with E-state index >= 15 is 0 Å². The molecule has 2 rings (SSSR count). The summed E-state index contributed by atoms with van der Waals surface area (Å²) in [6.45, 7) is 6.57. The van der Waals surface area contributed by atoms with Crippen molar-refractivity contribution in [1.82, 2.24) is 0 Å². The van der Waals surface area contributed by atoms with Crippen molar-refractivity contribution < 1.29 is 22.4 Å². The van der Waals surface area contributed by atoms with Gasteiger partial charge in [-0.05, 0) is 0 Å². The van der Waals surface area contributed by atoms with E-state index in [0.717, 1.165) is 0 Å². The monoisotopic (exact) mass is 377 g/mol. The van der Waals surface area contributed by atoms with Crippen LogP contribution >= 0.6 is 0 Å². The summed E-state index contributed by atoms with van der Waals surface area (Å²) in [6.07, 6.45) is 0. The molecule has 0 aliphatic heterocycles. The number of rotatable bonds is 0. The van der Waals surface area contributed by atoms with Crippen molar-refractivity contribution in [3.05, 3.63) is 78.1 Å². The molecule has 0 spiro atoms. The van der Waals surface area contributed by atoms with E-state index in [9.17, 15) is 0 Å². The summed E-state index contributed by atoms with van der Waals surface area (Å²) in [5.74, 6) is 0. The Balaban J connectivity index is 0.000000253. The fraction of sp³-hybridized carbons (Fsp3) is 0. The summed E-state index contributed by atoms with van der Waals surface area (Å²) in [7, 11) is 0. The summed E-state index contributed by atoms with van der Waals surface area (Å²) in [6, 6.07) is 21.7. The van der Waals surface area contributed by atoms with Crippen LogP contribution in [0.1, 0.15) is 0 Å². The van der Waals surface area contributed by atoms with E-state index in [4.69, 9.17) is 6.57 Å². The number of benzene rings is 2. The molecule has 0 N–H and O–H groups in total. The second kappa shape index (κ2) is 9.23. The second-order valence-corrected chi connectivity index (χ2v) is 2.52. The van der Waals surface area contributed by atoms with Crippen molar-refractivity contribution in [2.75, 3.05) is 0 Å². The third-order valence-electron chi connectivity index (χ3n) is 1.49. The quantitative estimate of drug-likeness (QED) is 0.487. The summed E-state index contributed by atoms with van der Waals surface area (Å²) in [5, 5.41) is 0. The van der Waals surface area contributed by atoms with E-state index in [2.05, 4.69) is 10.9 Å². The average molecular weight is 377 g/mol. The van der Waals surface area contributed by atoms with E-state index in [1.807, 2.05) is 48.5 Å². The van der Waals surface area contributed by atoms with Crippen LogP contribution in [-0.4, -0.2) is 0 Å². The Kier molecular flexibility index (Phi) is 8.42. The van der Waals surface area contributed by atoms with Crippen LogP contribution in [0.3, 0.4) is 0 Å². The zero-order valence-electron chi connectivity index (χ0n) is 8.02. The first kappa shape index (κ1) is 13.7. The van der Waals surface area contributed by atoms with Crippen LogP contribution in [0.15, 0.2) is 60.7 Å². The van der Waals surface area contributed by atoms with Crippen molar-refractivity contribution >= 4 is 5.69 Å². The van der Waals surface area contributed by atoms with Gasteiger partial charge in [-0.2, -0.15) is 36.4 Å². The van der Waals surface area contributed by atoms with Crippen molar-refractivity contribution in [2.45, 2.75) is 0 Å². The van der Waals surface area contributed by atoms with E-state index in [0.29, 0.717) is 5.69 Å². The van der Waals surface area contributed by atoms with Gasteiger partial charge >= 0.3 is 22.4 Å². The number of hydrogen-bond donors (Lipinski definition) is 0. The minimum absolute atomic E-state index is 0. The molecule has 2 aromatic rings. The summed E-state index contributed by atoms with van der Waals surface area (Å²) in [5.41, 5.74) is 0.701. The predicted octanol–water partition coefficient (Wildman–Crippen LogP) is 3.72. The van der Waals surface area contributed by atoms with Gasteiger partial charge in [-0.15, -0.1) is 0 Å². The predicted molar refractivity (Wildman–Crippen MR) is 58.0 cm³/mol. The van der Waals surface area contributed by atoms with Gasteiger partial charge in [0.25, 0.3) is 0 Å². The van der Waals surface area contributed by atoms with Crippen molar-refractivity contribution in [1.29, 1.82) is 0 Å². The Bertz CT molecular complexity index is 352. The normalized spacial score (nSPS) is 7.40. The number of hydrogen-bond acceptors (Lipinski definition) is 0. The Morgan fingerprint density at radius 2 is 1.40 bits per heavy atom. The molecule has 0 aromatic heterocycles. The Hall–Kier alpha value is -1.33. The third kappa shape index (κ3) is 6.70. The van der Waals surface area contributed by atoms with E-state index < -0.39 is 0 Å². The first-order valence-electron chi connectivity index (χ1n) is 4.27. The van der Waals surface area contributed by atoms with Gasteiger partial charge in [0.2, 0.25) is 0 Å². The van der Waals surface area contributed by atoms with Gasteiger partial charge in [0.05, 0.1) is 6.57 Å². The molecule has 0 saturated heterocycles. The van der Waals surface area contributed by atoms with Gasteiger partial charge in [0, 0.05) is 0 Å². The van der Waals surface area contributed by atoms with Gasteiger partial charge in [0.1, 0.15) is 0 Å². The standard InChI is InChI=1S/C7H5N.C6H5.Au/c1-8-7-5-3-2-4-6-7;1-2-4-6-5-3-1;/h2-6H;1-5H;/q;-1;+1. The smallest absolute Gasteiger partial charge is 0.238 e. The molecule has 78 valence electrons. The summed E-state index contributed by atoms with van der Waals surface area (Å²) in [4.78, 5) is 3.22. The van der Waals surface area contributed by atoms with Crippen LogP contribution in [0.4, 0.5) is 5.69 Å². The molecule has 0 aliphatic carbocycles. The topological polar surface area (TPSA) is 4.36 Å². The fourth-order valence-electron chi connectivity index (χ4n) is 0.844. The largest absolute Gasteiger partial charge is 1.00 e. The minimum atomic E-state index is 0. The molecule has 0 amide bonds. The molecule has 1 nitrogen and oxygen atoms in total. The van der Waals surface area contributed by atoms with Crippen molar-refractivity contribution in [2.24, 2.45) is 0 Å². The molecular formula is C13H10AuN. The molecule has 2 heteroatoms. The van der Waals surface area contributed by atoms with E-state index in [1.54, 1.807) is 12.1 Å². The third-order valence-corrected chi connectivity index (χ3v) is 1.49. The van der Waals surface area contributed by atoms with Crippen LogP contribution < -0.4 is 0 Å². The molecule has 0 saturated carbocycles. The zero-order chi connectivity index (χ0) is 10.1. The number of para-hydroxylation sites is 1. The Morgan fingerprint density at radius 3 is 1.67 bits per heavy atom. The summed E-state index contributed by atoms with van der Waals surface area (Å²) < 4.78 is 0. The van der Waals surface area contributed by atoms with E-state index in [1.165, 1.54) is 0 Å².